The van der Waals surface area contributed by atoms with Crippen LogP contribution in [0.3, 0.4) is 0 Å². The summed E-state index contributed by atoms with van der Waals surface area (Å²) >= 11 is 0. The van der Waals surface area contributed by atoms with Crippen molar-refractivity contribution in [1.29, 1.82) is 0 Å². The van der Waals surface area contributed by atoms with Crippen LogP contribution in [0.5, 0.6) is 5.75 Å². The number of hydrogen-bond donors (Lipinski definition) is 1. The normalized spacial score (nSPS) is 22.8. The number of hydrogen-bond acceptors (Lipinski definition) is 3. The highest BCUT2D eigenvalue weighted by Gasteiger charge is 2.41. The van der Waals surface area contributed by atoms with Crippen LogP contribution in [0.15, 0.2) is 18.2 Å². The van der Waals surface area contributed by atoms with E-state index in [-0.39, 0.29) is 29.9 Å². The van der Waals surface area contributed by atoms with Crippen LogP contribution in [0.25, 0.3) is 0 Å². The van der Waals surface area contributed by atoms with Gasteiger partial charge in [0.25, 0.3) is 0 Å². The molecule has 21 heavy (non-hydrogen) atoms. The third-order valence-corrected chi connectivity index (χ3v) is 3.95. The molecule has 0 radical (unpaired) electrons. The highest BCUT2D eigenvalue weighted by atomic mass is 19.1. The first-order valence-corrected chi connectivity index (χ1v) is 7.04. The first-order chi connectivity index (χ1) is 10.1. The summed E-state index contributed by atoms with van der Waals surface area (Å²) < 4.78 is 18.5. The Balaban J connectivity index is 1.91. The molecule has 0 bridgehead atoms. The first-order valence-electron chi connectivity index (χ1n) is 7.04. The van der Waals surface area contributed by atoms with E-state index in [4.69, 9.17) is 4.74 Å². The van der Waals surface area contributed by atoms with Crippen LogP contribution in [-0.4, -0.2) is 31.5 Å². The summed E-state index contributed by atoms with van der Waals surface area (Å²) in [5.74, 6) is -0.401. The van der Waals surface area contributed by atoms with Crippen molar-refractivity contribution >= 4 is 17.5 Å². The van der Waals surface area contributed by atoms with Crippen LogP contribution in [0.1, 0.15) is 19.3 Å². The van der Waals surface area contributed by atoms with Crippen LogP contribution in [0.2, 0.25) is 0 Å². The van der Waals surface area contributed by atoms with Gasteiger partial charge in [0.05, 0.1) is 7.11 Å². The molecule has 6 heteroatoms. The van der Waals surface area contributed by atoms with Gasteiger partial charge >= 0.3 is 0 Å². The highest BCUT2D eigenvalue weighted by molar-refractivity contribution is 6.01. The van der Waals surface area contributed by atoms with Crippen molar-refractivity contribution in [3.05, 3.63) is 24.0 Å². The van der Waals surface area contributed by atoms with E-state index in [1.807, 2.05) is 0 Å². The maximum Gasteiger partial charge on any atom is 0.249 e. The number of rotatable bonds is 3. The number of carbonyl (C=O) groups excluding carboxylic acids is 2. The van der Waals surface area contributed by atoms with Gasteiger partial charge in [-0.2, -0.15) is 0 Å². The SMILES string of the molecule is COc1cc(N2CCC(=O)NC(C3CC3)C2=O)ccc1F. The zero-order valence-electron chi connectivity index (χ0n) is 11.8. The summed E-state index contributed by atoms with van der Waals surface area (Å²) in [5.41, 5.74) is 0.556. The number of amides is 2. The third kappa shape index (κ3) is 2.70. The molecule has 1 atom stereocenters. The fourth-order valence-corrected chi connectivity index (χ4v) is 2.62. The molecule has 1 aromatic rings. The maximum atomic E-state index is 13.5. The fourth-order valence-electron chi connectivity index (χ4n) is 2.62. The summed E-state index contributed by atoms with van der Waals surface area (Å²) in [6, 6.07) is 3.84. The van der Waals surface area contributed by atoms with Crippen LogP contribution in [-0.2, 0) is 9.59 Å². The van der Waals surface area contributed by atoms with Gasteiger partial charge in [-0.25, -0.2) is 4.39 Å². The lowest BCUT2D eigenvalue weighted by Gasteiger charge is -2.24. The Hall–Kier alpha value is -2.11. The van der Waals surface area contributed by atoms with Crippen LogP contribution in [0.4, 0.5) is 10.1 Å². The van der Waals surface area contributed by atoms with Crippen LogP contribution < -0.4 is 15.0 Å². The van der Waals surface area contributed by atoms with Gasteiger partial charge in [-0.05, 0) is 30.9 Å². The Kier molecular flexibility index (Phi) is 3.53. The molecule has 1 saturated carbocycles. The van der Waals surface area contributed by atoms with E-state index < -0.39 is 11.9 Å². The average molecular weight is 292 g/mol. The lowest BCUT2D eigenvalue weighted by Crippen LogP contribution is -2.46. The van der Waals surface area contributed by atoms with E-state index in [0.717, 1.165) is 12.8 Å². The lowest BCUT2D eigenvalue weighted by molar-refractivity contribution is -0.126. The number of ether oxygens (including phenoxy) is 1. The zero-order valence-corrected chi connectivity index (χ0v) is 11.8. The predicted molar refractivity (Wildman–Crippen MR) is 74.6 cm³/mol. The molecule has 1 saturated heterocycles. The van der Waals surface area contributed by atoms with Crippen molar-refractivity contribution in [1.82, 2.24) is 5.32 Å². The summed E-state index contributed by atoms with van der Waals surface area (Å²) in [6.45, 7) is 0.294. The topological polar surface area (TPSA) is 58.6 Å². The molecule has 1 aliphatic carbocycles. The number of carbonyl (C=O) groups is 2. The van der Waals surface area contributed by atoms with E-state index in [1.54, 1.807) is 4.90 Å². The Labute approximate surface area is 122 Å². The molecule has 1 aliphatic heterocycles. The Morgan fingerprint density at radius 2 is 2.10 bits per heavy atom. The van der Waals surface area contributed by atoms with Gasteiger partial charge < -0.3 is 15.0 Å². The maximum absolute atomic E-state index is 13.5. The summed E-state index contributed by atoms with van der Waals surface area (Å²) in [4.78, 5) is 25.9. The number of benzene rings is 1. The van der Waals surface area contributed by atoms with Gasteiger partial charge in [-0.15, -0.1) is 0 Å². The predicted octanol–water partition coefficient (Wildman–Crippen LogP) is 1.47. The Bertz CT molecular complexity index is 586. The van der Waals surface area contributed by atoms with Gasteiger partial charge in [0.15, 0.2) is 11.6 Å². The van der Waals surface area contributed by atoms with Crippen molar-refractivity contribution < 1.29 is 18.7 Å². The largest absolute Gasteiger partial charge is 0.494 e. The second-order valence-corrected chi connectivity index (χ2v) is 5.44. The van der Waals surface area contributed by atoms with Crippen molar-refractivity contribution in [3.8, 4) is 5.75 Å². The van der Waals surface area contributed by atoms with Crippen molar-refractivity contribution in [2.75, 3.05) is 18.6 Å². The van der Waals surface area contributed by atoms with E-state index in [1.165, 1.54) is 25.3 Å². The molecule has 2 fully saturated rings. The van der Waals surface area contributed by atoms with Crippen molar-refractivity contribution in [3.63, 3.8) is 0 Å². The minimum atomic E-state index is -0.475. The molecule has 3 rings (SSSR count). The molecule has 0 aromatic heterocycles. The van der Waals surface area contributed by atoms with Crippen LogP contribution in [0, 0.1) is 11.7 Å². The molecule has 112 valence electrons. The highest BCUT2D eigenvalue weighted by Crippen LogP contribution is 2.35. The Morgan fingerprint density at radius 1 is 1.33 bits per heavy atom. The molecule has 1 aromatic carbocycles. The standard InChI is InChI=1S/C15H17FN2O3/c1-21-12-8-10(4-5-11(12)16)18-7-6-13(19)17-14(15(18)20)9-2-3-9/h4-5,8-9,14H,2-3,6-7H2,1H3,(H,17,19). The summed E-state index contributed by atoms with van der Waals surface area (Å²) in [5, 5.41) is 2.79. The lowest BCUT2D eigenvalue weighted by atomic mass is 10.1. The van der Waals surface area contributed by atoms with E-state index in [2.05, 4.69) is 5.32 Å². The zero-order chi connectivity index (χ0) is 15.0. The average Bonchev–Trinajstić information content (AvgIpc) is 3.30. The summed E-state index contributed by atoms with van der Waals surface area (Å²) in [6.07, 6.45) is 2.16. The monoisotopic (exact) mass is 292 g/mol. The van der Waals surface area contributed by atoms with E-state index in [0.29, 0.717) is 12.2 Å². The Morgan fingerprint density at radius 3 is 2.76 bits per heavy atom. The molecule has 1 heterocycles. The molecule has 2 aliphatic rings. The smallest absolute Gasteiger partial charge is 0.249 e. The number of nitrogens with zero attached hydrogens (tertiary/aromatic N) is 1. The molecular weight excluding hydrogens is 275 g/mol. The second kappa shape index (κ2) is 5.35. The number of methoxy groups -OCH3 is 1. The van der Waals surface area contributed by atoms with Gasteiger partial charge in [-0.3, -0.25) is 9.59 Å². The molecule has 1 unspecified atom stereocenters. The van der Waals surface area contributed by atoms with E-state index in [9.17, 15) is 14.0 Å². The quantitative estimate of drug-likeness (QED) is 0.917. The van der Waals surface area contributed by atoms with Crippen molar-refractivity contribution in [2.45, 2.75) is 25.3 Å². The molecular formula is C15H17FN2O3. The second-order valence-electron chi connectivity index (χ2n) is 5.44. The molecule has 1 N–H and O–H groups in total. The minimum Gasteiger partial charge on any atom is -0.494 e. The van der Waals surface area contributed by atoms with Crippen LogP contribution >= 0.6 is 0 Å². The first kappa shape index (κ1) is 13.9. The molecule has 0 spiro atoms. The van der Waals surface area contributed by atoms with Crippen molar-refractivity contribution in [2.24, 2.45) is 5.92 Å². The van der Waals surface area contributed by atoms with E-state index >= 15 is 0 Å². The number of nitrogens with one attached hydrogen (secondary N) is 1. The number of halogens is 1. The van der Waals surface area contributed by atoms with Gasteiger partial charge in [-0.1, -0.05) is 0 Å². The van der Waals surface area contributed by atoms with Gasteiger partial charge in [0.1, 0.15) is 6.04 Å². The third-order valence-electron chi connectivity index (χ3n) is 3.95. The summed E-state index contributed by atoms with van der Waals surface area (Å²) in [7, 11) is 1.38. The molecule has 5 nitrogen and oxygen atoms in total. The number of anilines is 1. The minimum absolute atomic E-state index is 0.0896. The fraction of sp³-hybridized carbons (Fsp3) is 0.467. The molecule has 2 amide bonds. The van der Waals surface area contributed by atoms with Gasteiger partial charge in [0.2, 0.25) is 11.8 Å². The van der Waals surface area contributed by atoms with Gasteiger partial charge in [0, 0.05) is 24.7 Å².